The minimum Gasteiger partial charge on any atom is -0.454 e. The van der Waals surface area contributed by atoms with Gasteiger partial charge in [0.15, 0.2) is 11.5 Å². The molecule has 2 saturated heterocycles. The first-order valence-corrected chi connectivity index (χ1v) is 11.4. The standard InChI is InChI=1S/C23H31N5O3/c1-2-28-15-19(13-24-28)23(29)27-7-3-4-20(16-27)26-10-8-25(9-11-26)14-18-5-6-21-22(12-18)31-17-30-21/h5-6,12-13,15,20H,2-4,7-11,14,16-17H2,1H3/t20-/m0/s1. The molecule has 0 unspecified atom stereocenters. The molecule has 8 heteroatoms. The van der Waals surface area contributed by atoms with Gasteiger partial charge in [0.1, 0.15) is 0 Å². The van der Waals surface area contributed by atoms with Crippen molar-refractivity contribution in [1.82, 2.24) is 24.5 Å². The highest BCUT2D eigenvalue weighted by Crippen LogP contribution is 2.33. The summed E-state index contributed by atoms with van der Waals surface area (Å²) >= 11 is 0. The first kappa shape index (κ1) is 20.3. The molecule has 2 aromatic rings. The van der Waals surface area contributed by atoms with Gasteiger partial charge in [-0.15, -0.1) is 0 Å². The van der Waals surface area contributed by atoms with Crippen LogP contribution in [-0.4, -0.2) is 82.5 Å². The zero-order valence-electron chi connectivity index (χ0n) is 18.2. The van der Waals surface area contributed by atoms with Crippen LogP contribution in [-0.2, 0) is 13.1 Å². The smallest absolute Gasteiger partial charge is 0.257 e. The summed E-state index contributed by atoms with van der Waals surface area (Å²) in [5, 5.41) is 4.26. The van der Waals surface area contributed by atoms with Gasteiger partial charge < -0.3 is 14.4 Å². The van der Waals surface area contributed by atoms with Crippen molar-refractivity contribution in [2.75, 3.05) is 46.1 Å². The number of aromatic nitrogens is 2. The zero-order chi connectivity index (χ0) is 21.2. The Morgan fingerprint density at radius 2 is 1.97 bits per heavy atom. The Hall–Kier alpha value is -2.58. The van der Waals surface area contributed by atoms with Gasteiger partial charge >= 0.3 is 0 Å². The zero-order valence-corrected chi connectivity index (χ0v) is 18.2. The predicted octanol–water partition coefficient (Wildman–Crippen LogP) is 2.05. The molecule has 0 spiro atoms. The fourth-order valence-corrected chi connectivity index (χ4v) is 4.85. The quantitative estimate of drug-likeness (QED) is 0.731. The summed E-state index contributed by atoms with van der Waals surface area (Å²) in [4.78, 5) is 20.0. The lowest BCUT2D eigenvalue weighted by Crippen LogP contribution is -2.55. The van der Waals surface area contributed by atoms with Crippen molar-refractivity contribution in [1.29, 1.82) is 0 Å². The summed E-state index contributed by atoms with van der Waals surface area (Å²) in [5.74, 6) is 1.81. The Morgan fingerprint density at radius 3 is 2.77 bits per heavy atom. The van der Waals surface area contributed by atoms with E-state index in [1.165, 1.54) is 12.0 Å². The number of piperazine rings is 1. The molecule has 5 rings (SSSR count). The van der Waals surface area contributed by atoms with E-state index in [-0.39, 0.29) is 5.91 Å². The lowest BCUT2D eigenvalue weighted by Gasteiger charge is -2.43. The lowest BCUT2D eigenvalue weighted by molar-refractivity contribution is 0.0407. The number of hydrogen-bond donors (Lipinski definition) is 0. The number of carbonyl (C=O) groups is 1. The summed E-state index contributed by atoms with van der Waals surface area (Å²) in [7, 11) is 0. The molecule has 1 atom stereocenters. The Balaban J connectivity index is 1.13. The molecule has 0 aliphatic carbocycles. The third-order valence-corrected chi connectivity index (χ3v) is 6.65. The molecule has 2 fully saturated rings. The topological polar surface area (TPSA) is 63.1 Å². The minimum absolute atomic E-state index is 0.117. The number of piperidine rings is 1. The van der Waals surface area contributed by atoms with Crippen LogP contribution in [0.1, 0.15) is 35.7 Å². The number of hydrogen-bond acceptors (Lipinski definition) is 6. The molecule has 4 heterocycles. The minimum atomic E-state index is 0.117. The second-order valence-electron chi connectivity index (χ2n) is 8.63. The molecule has 8 nitrogen and oxygen atoms in total. The van der Waals surface area contributed by atoms with Crippen LogP contribution in [0, 0.1) is 0 Å². The normalized spacial score (nSPS) is 22.1. The van der Waals surface area contributed by atoms with Gasteiger partial charge in [-0.25, -0.2) is 0 Å². The molecule has 3 aliphatic heterocycles. The van der Waals surface area contributed by atoms with E-state index >= 15 is 0 Å². The molecule has 0 radical (unpaired) electrons. The van der Waals surface area contributed by atoms with E-state index in [4.69, 9.17) is 9.47 Å². The fraction of sp³-hybridized carbons (Fsp3) is 0.565. The number of nitrogens with zero attached hydrogens (tertiary/aromatic N) is 5. The summed E-state index contributed by atoms with van der Waals surface area (Å²) in [6, 6.07) is 6.68. The first-order chi connectivity index (χ1) is 15.2. The number of amides is 1. The van der Waals surface area contributed by atoms with Crippen molar-refractivity contribution in [2.24, 2.45) is 0 Å². The summed E-state index contributed by atoms with van der Waals surface area (Å²) in [5.41, 5.74) is 1.97. The van der Waals surface area contributed by atoms with Crippen molar-refractivity contribution in [3.8, 4) is 11.5 Å². The molecular weight excluding hydrogens is 394 g/mol. The number of carbonyl (C=O) groups excluding carboxylic acids is 1. The SMILES string of the molecule is CCn1cc(C(=O)N2CCC[C@H](N3CCN(Cc4ccc5c(c4)OCO5)CC3)C2)cn1. The molecule has 1 aromatic heterocycles. The lowest BCUT2D eigenvalue weighted by atomic mass is 10.0. The molecule has 0 saturated carbocycles. The van der Waals surface area contributed by atoms with Gasteiger partial charge in [-0.3, -0.25) is 19.3 Å². The maximum absolute atomic E-state index is 12.9. The number of aryl methyl sites for hydroxylation is 1. The fourth-order valence-electron chi connectivity index (χ4n) is 4.85. The second kappa shape index (κ2) is 8.88. The molecule has 0 N–H and O–H groups in total. The number of fused-ring (bicyclic) bond motifs is 1. The van der Waals surface area contributed by atoms with E-state index < -0.39 is 0 Å². The number of rotatable bonds is 5. The van der Waals surface area contributed by atoms with E-state index in [0.717, 1.165) is 70.3 Å². The van der Waals surface area contributed by atoms with Gasteiger partial charge in [0.25, 0.3) is 5.91 Å². The molecule has 3 aliphatic rings. The highest BCUT2D eigenvalue weighted by Gasteiger charge is 2.30. The van der Waals surface area contributed by atoms with Crippen molar-refractivity contribution in [2.45, 2.75) is 38.9 Å². The van der Waals surface area contributed by atoms with Gasteiger partial charge in [0.2, 0.25) is 6.79 Å². The molecule has 1 aromatic carbocycles. The molecule has 1 amide bonds. The maximum Gasteiger partial charge on any atom is 0.257 e. The summed E-state index contributed by atoms with van der Waals surface area (Å²) < 4.78 is 12.7. The van der Waals surface area contributed by atoms with E-state index in [1.807, 2.05) is 28.8 Å². The highest BCUT2D eigenvalue weighted by molar-refractivity contribution is 5.93. The van der Waals surface area contributed by atoms with Crippen LogP contribution in [0.2, 0.25) is 0 Å². The van der Waals surface area contributed by atoms with Gasteiger partial charge in [-0.1, -0.05) is 6.07 Å². The first-order valence-electron chi connectivity index (χ1n) is 11.4. The van der Waals surface area contributed by atoms with E-state index in [9.17, 15) is 4.79 Å². The van der Waals surface area contributed by atoms with E-state index in [0.29, 0.717) is 18.4 Å². The predicted molar refractivity (Wildman–Crippen MR) is 116 cm³/mol. The Labute approximate surface area is 183 Å². The maximum atomic E-state index is 12.9. The van der Waals surface area contributed by atoms with Crippen molar-refractivity contribution < 1.29 is 14.3 Å². The van der Waals surface area contributed by atoms with Crippen molar-refractivity contribution >= 4 is 5.91 Å². The van der Waals surface area contributed by atoms with Gasteiger partial charge in [-0.05, 0) is 37.5 Å². The van der Waals surface area contributed by atoms with E-state index in [2.05, 4.69) is 27.0 Å². The van der Waals surface area contributed by atoms with Crippen LogP contribution < -0.4 is 9.47 Å². The Morgan fingerprint density at radius 1 is 1.13 bits per heavy atom. The number of ether oxygens (including phenoxy) is 2. The Kier molecular flexibility index (Phi) is 5.82. The van der Waals surface area contributed by atoms with Crippen LogP contribution in [0.4, 0.5) is 0 Å². The van der Waals surface area contributed by atoms with Gasteiger partial charge in [-0.2, -0.15) is 5.10 Å². The summed E-state index contributed by atoms with van der Waals surface area (Å²) in [6.45, 7) is 9.91. The second-order valence-corrected chi connectivity index (χ2v) is 8.63. The van der Waals surface area contributed by atoms with Crippen LogP contribution in [0.25, 0.3) is 0 Å². The largest absolute Gasteiger partial charge is 0.454 e. The third kappa shape index (κ3) is 4.41. The third-order valence-electron chi connectivity index (χ3n) is 6.65. The van der Waals surface area contributed by atoms with Crippen molar-refractivity contribution in [3.63, 3.8) is 0 Å². The molecular formula is C23H31N5O3. The number of benzene rings is 1. The van der Waals surface area contributed by atoms with Gasteiger partial charge in [0, 0.05) is 64.6 Å². The average Bonchev–Trinajstić information content (AvgIpc) is 3.48. The van der Waals surface area contributed by atoms with E-state index in [1.54, 1.807) is 6.20 Å². The Bertz CT molecular complexity index is 922. The molecule has 31 heavy (non-hydrogen) atoms. The average molecular weight is 426 g/mol. The monoisotopic (exact) mass is 425 g/mol. The molecule has 0 bridgehead atoms. The number of likely N-dealkylation sites (tertiary alicyclic amines) is 1. The molecule has 166 valence electrons. The van der Waals surface area contributed by atoms with Crippen molar-refractivity contribution in [3.05, 3.63) is 41.7 Å². The highest BCUT2D eigenvalue weighted by atomic mass is 16.7. The van der Waals surface area contributed by atoms with Crippen LogP contribution in [0.15, 0.2) is 30.6 Å². The van der Waals surface area contributed by atoms with Gasteiger partial charge in [0.05, 0.1) is 11.8 Å². The van der Waals surface area contributed by atoms with Crippen LogP contribution in [0.3, 0.4) is 0 Å². The summed E-state index contributed by atoms with van der Waals surface area (Å²) in [6.07, 6.45) is 5.79. The van der Waals surface area contributed by atoms with Crippen LogP contribution >= 0.6 is 0 Å². The van der Waals surface area contributed by atoms with Crippen LogP contribution in [0.5, 0.6) is 11.5 Å².